The molecular formula is C10H18O5. The second-order valence-corrected chi connectivity index (χ2v) is 3.61. The van der Waals surface area contributed by atoms with Crippen LogP contribution in [0.5, 0.6) is 0 Å². The second kappa shape index (κ2) is 4.61. The maximum absolute atomic E-state index is 11.2. The Kier molecular flexibility index (Phi) is 4.27. The molecule has 0 saturated heterocycles. The molecule has 0 radical (unpaired) electrons. The second-order valence-electron chi connectivity index (χ2n) is 3.61. The zero-order valence-electron chi connectivity index (χ0n) is 9.28. The van der Waals surface area contributed by atoms with E-state index < -0.39 is 23.0 Å². The highest BCUT2D eigenvalue weighted by molar-refractivity contribution is 5.88. The van der Waals surface area contributed by atoms with Gasteiger partial charge in [0, 0.05) is 0 Å². The van der Waals surface area contributed by atoms with E-state index in [9.17, 15) is 14.7 Å². The topological polar surface area (TPSA) is 94.8 Å². The molecular weight excluding hydrogens is 200 g/mol. The van der Waals surface area contributed by atoms with Gasteiger partial charge in [-0.1, -0.05) is 20.8 Å². The van der Waals surface area contributed by atoms with Crippen LogP contribution < -0.4 is 0 Å². The molecule has 5 nitrogen and oxygen atoms in total. The Morgan fingerprint density at radius 1 is 0.933 bits per heavy atom. The van der Waals surface area contributed by atoms with Crippen LogP contribution in [0.25, 0.3) is 0 Å². The zero-order chi connectivity index (χ0) is 12.3. The Morgan fingerprint density at radius 3 is 1.40 bits per heavy atom. The smallest absolute Gasteiger partial charge is 0.336 e. The van der Waals surface area contributed by atoms with Gasteiger partial charge < -0.3 is 15.3 Å². The van der Waals surface area contributed by atoms with Crippen molar-refractivity contribution in [2.45, 2.75) is 45.6 Å². The van der Waals surface area contributed by atoms with Gasteiger partial charge in [-0.3, -0.25) is 4.79 Å². The molecule has 15 heavy (non-hydrogen) atoms. The number of carboxylic acid groups (broad SMARTS) is 2. The van der Waals surface area contributed by atoms with Gasteiger partial charge in [0.25, 0.3) is 0 Å². The first kappa shape index (κ1) is 13.9. The third kappa shape index (κ3) is 1.84. The van der Waals surface area contributed by atoms with E-state index in [1.165, 1.54) is 6.92 Å². The molecule has 0 saturated carbocycles. The average Bonchev–Trinajstić information content (AvgIpc) is 2.19. The van der Waals surface area contributed by atoms with E-state index in [0.29, 0.717) is 0 Å². The van der Waals surface area contributed by atoms with Crippen molar-refractivity contribution in [2.75, 3.05) is 0 Å². The van der Waals surface area contributed by atoms with Gasteiger partial charge in [-0.15, -0.1) is 0 Å². The maximum atomic E-state index is 11.2. The minimum absolute atomic E-state index is 0.0788. The molecule has 0 aliphatic heterocycles. The molecule has 0 aromatic carbocycles. The van der Waals surface area contributed by atoms with Crippen molar-refractivity contribution in [3.63, 3.8) is 0 Å². The fraction of sp³-hybridized carbons (Fsp3) is 0.800. The number of carboxylic acids is 2. The van der Waals surface area contributed by atoms with Gasteiger partial charge in [-0.2, -0.15) is 0 Å². The van der Waals surface area contributed by atoms with Crippen LogP contribution in [-0.4, -0.2) is 32.9 Å². The summed E-state index contributed by atoms with van der Waals surface area (Å²) >= 11 is 0. The van der Waals surface area contributed by atoms with Gasteiger partial charge in [0.15, 0.2) is 5.60 Å². The molecule has 88 valence electrons. The van der Waals surface area contributed by atoms with Gasteiger partial charge in [-0.25, -0.2) is 4.79 Å². The van der Waals surface area contributed by atoms with Crippen LogP contribution in [0.1, 0.15) is 40.0 Å². The first-order valence-electron chi connectivity index (χ1n) is 5.01. The Bertz CT molecular complexity index is 257. The number of carbonyl (C=O) groups is 2. The van der Waals surface area contributed by atoms with Crippen LogP contribution in [0, 0.1) is 5.41 Å². The SMILES string of the molecule is CCC(O)(C(=O)O)C(CC)(CC)C(=O)O. The molecule has 1 atom stereocenters. The summed E-state index contributed by atoms with van der Waals surface area (Å²) in [6, 6.07) is 0. The molecule has 0 aromatic rings. The van der Waals surface area contributed by atoms with Crippen LogP contribution in [0.2, 0.25) is 0 Å². The summed E-state index contributed by atoms with van der Waals surface area (Å²) in [4.78, 5) is 22.2. The van der Waals surface area contributed by atoms with Crippen molar-refractivity contribution in [2.24, 2.45) is 5.41 Å². The predicted molar refractivity (Wildman–Crippen MR) is 53.5 cm³/mol. The lowest BCUT2D eigenvalue weighted by molar-refractivity contribution is -0.191. The number of aliphatic carboxylic acids is 2. The molecule has 0 bridgehead atoms. The standard InChI is InChI=1S/C10H18O5/c1-4-9(5-2,7(11)12)10(15,6-3)8(13)14/h15H,4-6H2,1-3H3,(H,11,12)(H,13,14). The fourth-order valence-corrected chi connectivity index (χ4v) is 2.01. The monoisotopic (exact) mass is 218 g/mol. The van der Waals surface area contributed by atoms with E-state index in [-0.39, 0.29) is 19.3 Å². The lowest BCUT2D eigenvalue weighted by atomic mass is 9.66. The van der Waals surface area contributed by atoms with Crippen molar-refractivity contribution >= 4 is 11.9 Å². The van der Waals surface area contributed by atoms with Crippen LogP contribution >= 0.6 is 0 Å². The van der Waals surface area contributed by atoms with E-state index >= 15 is 0 Å². The van der Waals surface area contributed by atoms with Gasteiger partial charge >= 0.3 is 11.9 Å². The largest absolute Gasteiger partial charge is 0.481 e. The molecule has 0 fully saturated rings. The quantitative estimate of drug-likeness (QED) is 0.620. The highest BCUT2D eigenvalue weighted by atomic mass is 16.4. The highest BCUT2D eigenvalue weighted by Gasteiger charge is 2.57. The van der Waals surface area contributed by atoms with E-state index in [0.717, 1.165) is 0 Å². The molecule has 5 heteroatoms. The third-order valence-corrected chi connectivity index (χ3v) is 3.27. The van der Waals surface area contributed by atoms with Crippen molar-refractivity contribution in [3.05, 3.63) is 0 Å². The van der Waals surface area contributed by atoms with E-state index in [2.05, 4.69) is 0 Å². The molecule has 0 aromatic heterocycles. The molecule has 0 rings (SSSR count). The first-order valence-corrected chi connectivity index (χ1v) is 5.01. The molecule has 0 aliphatic carbocycles. The summed E-state index contributed by atoms with van der Waals surface area (Å²) in [5, 5.41) is 28.1. The van der Waals surface area contributed by atoms with Crippen molar-refractivity contribution < 1.29 is 24.9 Å². The fourth-order valence-electron chi connectivity index (χ4n) is 2.01. The number of aliphatic hydroxyl groups is 1. The summed E-state index contributed by atoms with van der Waals surface area (Å²) in [6.07, 6.45) is 0.0290. The lowest BCUT2D eigenvalue weighted by Gasteiger charge is -2.39. The van der Waals surface area contributed by atoms with E-state index in [4.69, 9.17) is 10.2 Å². The van der Waals surface area contributed by atoms with Crippen LogP contribution in [0.4, 0.5) is 0 Å². The van der Waals surface area contributed by atoms with Gasteiger partial charge in [0.05, 0.1) is 0 Å². The minimum atomic E-state index is -2.21. The molecule has 0 aliphatic rings. The van der Waals surface area contributed by atoms with Crippen LogP contribution in [0.3, 0.4) is 0 Å². The van der Waals surface area contributed by atoms with Crippen LogP contribution in [0.15, 0.2) is 0 Å². The average molecular weight is 218 g/mol. The van der Waals surface area contributed by atoms with Gasteiger partial charge in [0.2, 0.25) is 0 Å². The Labute approximate surface area is 88.7 Å². The number of hydrogen-bond acceptors (Lipinski definition) is 3. The van der Waals surface area contributed by atoms with Crippen LogP contribution in [-0.2, 0) is 9.59 Å². The highest BCUT2D eigenvalue weighted by Crippen LogP contribution is 2.41. The Balaban J connectivity index is 5.58. The summed E-state index contributed by atoms with van der Waals surface area (Å²) in [5.41, 5.74) is -3.82. The summed E-state index contributed by atoms with van der Waals surface area (Å²) in [6.45, 7) is 4.61. The molecule has 1 unspecified atom stereocenters. The lowest BCUT2D eigenvalue weighted by Crippen LogP contribution is -2.57. The molecule has 0 spiro atoms. The summed E-state index contributed by atoms with van der Waals surface area (Å²) < 4.78 is 0. The predicted octanol–water partition coefficient (Wildman–Crippen LogP) is 1.10. The Morgan fingerprint density at radius 2 is 1.33 bits per heavy atom. The normalized spacial score (nSPS) is 15.7. The van der Waals surface area contributed by atoms with Crippen molar-refractivity contribution in [1.82, 2.24) is 0 Å². The van der Waals surface area contributed by atoms with Crippen molar-refractivity contribution in [3.8, 4) is 0 Å². The van der Waals surface area contributed by atoms with E-state index in [1.807, 2.05) is 0 Å². The van der Waals surface area contributed by atoms with E-state index in [1.54, 1.807) is 13.8 Å². The zero-order valence-corrected chi connectivity index (χ0v) is 9.28. The van der Waals surface area contributed by atoms with Crippen molar-refractivity contribution in [1.29, 1.82) is 0 Å². The first-order chi connectivity index (χ1) is 6.82. The molecule has 0 amide bonds. The number of rotatable bonds is 6. The number of hydrogen-bond donors (Lipinski definition) is 3. The maximum Gasteiger partial charge on any atom is 0.336 e. The van der Waals surface area contributed by atoms with Gasteiger partial charge in [-0.05, 0) is 19.3 Å². The Hall–Kier alpha value is -1.10. The summed E-state index contributed by atoms with van der Waals surface area (Å²) in [5.74, 6) is -2.74. The third-order valence-electron chi connectivity index (χ3n) is 3.27. The minimum Gasteiger partial charge on any atom is -0.481 e. The summed E-state index contributed by atoms with van der Waals surface area (Å²) in [7, 11) is 0. The van der Waals surface area contributed by atoms with Gasteiger partial charge in [0.1, 0.15) is 5.41 Å². The molecule has 3 N–H and O–H groups in total. The molecule has 0 heterocycles.